The second-order valence-corrected chi connectivity index (χ2v) is 12.1. The van der Waals surface area contributed by atoms with Gasteiger partial charge in [0.2, 0.25) is 20.0 Å². The van der Waals surface area contributed by atoms with Crippen LogP contribution in [-0.4, -0.2) is 49.6 Å². The molecular formula is C16H22ClN3O8S3. The topological polar surface area (TPSA) is 193 Å². The molecule has 0 unspecified atom stereocenters. The fourth-order valence-corrected chi connectivity index (χ4v) is 4.89. The average molecular weight is 516 g/mol. The molecule has 2 rings (SSSR count). The summed E-state index contributed by atoms with van der Waals surface area (Å²) in [4.78, 5) is -0.358. The van der Waals surface area contributed by atoms with Crippen LogP contribution in [0.25, 0.3) is 0 Å². The first kappa shape index (κ1) is 27.3. The Bertz CT molecular complexity index is 1250. The van der Waals surface area contributed by atoms with Crippen molar-refractivity contribution >= 4 is 45.5 Å². The van der Waals surface area contributed by atoms with E-state index in [-0.39, 0.29) is 26.9 Å². The summed E-state index contributed by atoms with van der Waals surface area (Å²) < 4.78 is 72.1. The minimum absolute atomic E-state index is 0.0728. The largest absolute Gasteiger partial charge is 0.398 e. The Morgan fingerprint density at radius 3 is 1.61 bits per heavy atom. The van der Waals surface area contributed by atoms with Crippen LogP contribution in [0.4, 0.5) is 5.69 Å². The van der Waals surface area contributed by atoms with Gasteiger partial charge in [0.05, 0.1) is 27.9 Å². The molecule has 0 aliphatic heterocycles. The van der Waals surface area contributed by atoms with Crippen molar-refractivity contribution in [1.29, 1.82) is 0 Å². The molecule has 0 aliphatic rings. The third-order valence-corrected chi connectivity index (χ3v) is 8.15. The summed E-state index contributed by atoms with van der Waals surface area (Å²) in [7, 11) is -3.49. The van der Waals surface area contributed by atoms with E-state index in [1.807, 2.05) is 0 Å². The van der Waals surface area contributed by atoms with Crippen molar-refractivity contribution < 1.29 is 35.5 Å². The zero-order valence-electron chi connectivity index (χ0n) is 16.4. The number of anilines is 1. The van der Waals surface area contributed by atoms with Crippen LogP contribution in [0.3, 0.4) is 0 Å². The molecule has 2 aromatic carbocycles. The molecule has 0 fully saturated rings. The van der Waals surface area contributed by atoms with Crippen LogP contribution >= 0.6 is 10.7 Å². The lowest BCUT2D eigenvalue weighted by atomic mass is 10.2. The van der Waals surface area contributed by atoms with Crippen LogP contribution in [0.15, 0.2) is 51.1 Å². The van der Waals surface area contributed by atoms with Gasteiger partial charge in [0.1, 0.15) is 0 Å². The number of nitrogens with one attached hydrogen (secondary N) is 2. The number of hydrogen-bond donors (Lipinski definition) is 5. The van der Waals surface area contributed by atoms with Crippen molar-refractivity contribution in [2.45, 2.75) is 27.9 Å². The SMILES string of the molecule is CNS(=O)(=O)c1ccc(N)c(CO)c1.CNS(=O)(=O)c1ccc(S(=O)(=O)Cl)c(CO)c1. The highest BCUT2D eigenvalue weighted by Crippen LogP contribution is 2.23. The van der Waals surface area contributed by atoms with Crippen molar-refractivity contribution in [2.24, 2.45) is 0 Å². The highest BCUT2D eigenvalue weighted by Gasteiger charge is 2.19. The summed E-state index contributed by atoms with van der Waals surface area (Å²) >= 11 is 0. The van der Waals surface area contributed by atoms with Gasteiger partial charge >= 0.3 is 0 Å². The molecular weight excluding hydrogens is 494 g/mol. The Morgan fingerprint density at radius 1 is 0.806 bits per heavy atom. The second kappa shape index (κ2) is 10.7. The predicted octanol–water partition coefficient (Wildman–Crippen LogP) is -0.316. The van der Waals surface area contributed by atoms with Crippen LogP contribution < -0.4 is 15.2 Å². The maximum Gasteiger partial charge on any atom is 0.261 e. The number of halogens is 1. The zero-order chi connectivity index (χ0) is 24.0. The Balaban J connectivity index is 0.000000316. The quantitative estimate of drug-likeness (QED) is 0.242. The van der Waals surface area contributed by atoms with Gasteiger partial charge in [0.25, 0.3) is 9.05 Å². The van der Waals surface area contributed by atoms with Gasteiger partial charge in [-0.3, -0.25) is 0 Å². The van der Waals surface area contributed by atoms with Gasteiger partial charge in [0, 0.05) is 21.9 Å². The van der Waals surface area contributed by atoms with E-state index in [0.29, 0.717) is 11.3 Å². The Labute approximate surface area is 185 Å². The third-order valence-electron chi connectivity index (χ3n) is 3.91. The number of benzene rings is 2. The van der Waals surface area contributed by atoms with Crippen molar-refractivity contribution in [1.82, 2.24) is 9.44 Å². The molecule has 0 spiro atoms. The first-order valence-electron chi connectivity index (χ1n) is 8.28. The molecule has 2 aromatic rings. The molecule has 0 bridgehead atoms. The van der Waals surface area contributed by atoms with E-state index in [2.05, 4.69) is 9.44 Å². The van der Waals surface area contributed by atoms with Gasteiger partial charge in [-0.1, -0.05) is 0 Å². The summed E-state index contributed by atoms with van der Waals surface area (Å²) in [5.74, 6) is 0. The lowest BCUT2D eigenvalue weighted by molar-refractivity contribution is 0.278. The smallest absolute Gasteiger partial charge is 0.261 e. The minimum atomic E-state index is -4.02. The van der Waals surface area contributed by atoms with E-state index < -0.39 is 35.7 Å². The van der Waals surface area contributed by atoms with Crippen LogP contribution in [-0.2, 0) is 42.3 Å². The Morgan fingerprint density at radius 2 is 1.23 bits per heavy atom. The fourth-order valence-electron chi connectivity index (χ4n) is 2.21. The van der Waals surface area contributed by atoms with Gasteiger partial charge < -0.3 is 15.9 Å². The maximum atomic E-state index is 11.5. The van der Waals surface area contributed by atoms with Gasteiger partial charge in [-0.05, 0) is 56.1 Å². The van der Waals surface area contributed by atoms with Gasteiger partial charge in [-0.15, -0.1) is 0 Å². The number of nitrogens with two attached hydrogens (primary N) is 1. The molecule has 0 saturated heterocycles. The van der Waals surface area contributed by atoms with Crippen molar-refractivity contribution in [3.8, 4) is 0 Å². The van der Waals surface area contributed by atoms with Crippen molar-refractivity contribution in [3.05, 3.63) is 47.5 Å². The zero-order valence-corrected chi connectivity index (χ0v) is 19.6. The lowest BCUT2D eigenvalue weighted by Crippen LogP contribution is -2.19. The van der Waals surface area contributed by atoms with Crippen LogP contribution in [0.1, 0.15) is 11.1 Å². The van der Waals surface area contributed by atoms with E-state index in [1.54, 1.807) is 0 Å². The van der Waals surface area contributed by atoms with Crippen LogP contribution in [0.5, 0.6) is 0 Å². The molecule has 0 amide bonds. The molecule has 0 atom stereocenters. The van der Waals surface area contributed by atoms with E-state index in [4.69, 9.17) is 26.6 Å². The number of aliphatic hydroxyl groups excluding tert-OH is 2. The predicted molar refractivity (Wildman–Crippen MR) is 115 cm³/mol. The third kappa shape index (κ3) is 7.11. The first-order valence-corrected chi connectivity index (χ1v) is 13.6. The monoisotopic (exact) mass is 515 g/mol. The summed E-state index contributed by atoms with van der Waals surface area (Å²) in [6.45, 7) is -0.909. The normalized spacial score (nSPS) is 12.2. The number of rotatable bonds is 7. The molecule has 0 heterocycles. The van der Waals surface area contributed by atoms with Crippen LogP contribution in [0.2, 0.25) is 0 Å². The lowest BCUT2D eigenvalue weighted by Gasteiger charge is -2.07. The summed E-state index contributed by atoms with van der Waals surface area (Å²) in [5, 5.41) is 17.9. The van der Waals surface area contributed by atoms with E-state index in [0.717, 1.165) is 18.2 Å². The number of aliphatic hydroxyl groups is 2. The van der Waals surface area contributed by atoms with E-state index >= 15 is 0 Å². The highest BCUT2D eigenvalue weighted by molar-refractivity contribution is 8.13. The minimum Gasteiger partial charge on any atom is -0.398 e. The van der Waals surface area contributed by atoms with E-state index in [9.17, 15) is 25.3 Å². The Hall–Kier alpha value is -1.78. The molecule has 174 valence electrons. The number of hydrogen-bond acceptors (Lipinski definition) is 9. The van der Waals surface area contributed by atoms with E-state index in [1.165, 1.54) is 32.3 Å². The van der Waals surface area contributed by atoms with Crippen molar-refractivity contribution in [2.75, 3.05) is 19.8 Å². The maximum absolute atomic E-state index is 11.5. The summed E-state index contributed by atoms with van der Waals surface area (Å²) in [5.41, 5.74) is 6.22. The van der Waals surface area contributed by atoms with Crippen molar-refractivity contribution in [3.63, 3.8) is 0 Å². The molecule has 0 aliphatic carbocycles. The Kier molecular flexibility index (Phi) is 9.40. The van der Waals surface area contributed by atoms with Gasteiger partial charge in [-0.2, -0.15) is 0 Å². The summed E-state index contributed by atoms with van der Waals surface area (Å²) in [6.07, 6.45) is 0. The number of nitrogen functional groups attached to an aromatic ring is 1. The molecule has 0 saturated carbocycles. The van der Waals surface area contributed by atoms with Crippen LogP contribution in [0, 0.1) is 0 Å². The number of sulfonamides is 2. The van der Waals surface area contributed by atoms with Gasteiger partial charge in [0.15, 0.2) is 0 Å². The molecule has 6 N–H and O–H groups in total. The second-order valence-electron chi connectivity index (χ2n) is 5.80. The molecule has 0 aromatic heterocycles. The average Bonchev–Trinajstić information content (AvgIpc) is 2.73. The molecule has 0 radical (unpaired) electrons. The highest BCUT2D eigenvalue weighted by atomic mass is 35.7. The first-order chi connectivity index (χ1) is 14.2. The van der Waals surface area contributed by atoms with Gasteiger partial charge in [-0.25, -0.2) is 34.7 Å². The summed E-state index contributed by atoms with van der Waals surface area (Å²) in [6, 6.07) is 7.39. The molecule has 11 nitrogen and oxygen atoms in total. The molecule has 15 heteroatoms. The molecule has 31 heavy (non-hydrogen) atoms. The standard InChI is InChI=1S/C8H10ClNO5S2.C8H12N2O3S/c1-10-17(14,15)7-2-3-8(16(9,12)13)6(4-7)5-11;1-10-14(12,13)7-2-3-8(9)6(4-7)5-11/h2-4,10-11H,5H2,1H3;2-4,10-11H,5,9H2,1H3. The fraction of sp³-hybridized carbons (Fsp3) is 0.250.